The van der Waals surface area contributed by atoms with E-state index in [9.17, 15) is 32.5 Å². The summed E-state index contributed by atoms with van der Waals surface area (Å²) in [6, 6.07) is 7.52. The van der Waals surface area contributed by atoms with Crippen molar-refractivity contribution in [1.29, 1.82) is 0 Å². The molecule has 2 rings (SSSR count). The molecule has 0 saturated carbocycles. The first kappa shape index (κ1) is 22.7. The second-order valence-corrected chi connectivity index (χ2v) is 7.52. The Labute approximate surface area is 170 Å². The zero-order valence-electron chi connectivity index (χ0n) is 15.4. The van der Waals surface area contributed by atoms with Gasteiger partial charge in [0.25, 0.3) is 5.91 Å². The fraction of sp³-hybridized carbons (Fsp3) is 0.176. The highest BCUT2D eigenvalue weighted by Gasteiger charge is 2.23. The van der Waals surface area contributed by atoms with Crippen molar-refractivity contribution in [2.75, 3.05) is 18.1 Å². The van der Waals surface area contributed by atoms with E-state index in [0.29, 0.717) is 6.07 Å². The molecule has 0 radical (unpaired) electrons. The largest absolute Gasteiger partial charge is 0.477 e. The van der Waals surface area contributed by atoms with Gasteiger partial charge in [0.15, 0.2) is 12.4 Å². The van der Waals surface area contributed by atoms with Crippen LogP contribution in [0.4, 0.5) is 15.8 Å². The molecule has 0 spiro atoms. The minimum Gasteiger partial charge on any atom is -0.477 e. The molecule has 2 aromatic rings. The van der Waals surface area contributed by atoms with E-state index in [1.54, 1.807) is 0 Å². The van der Waals surface area contributed by atoms with Crippen molar-refractivity contribution in [2.45, 2.75) is 11.3 Å². The van der Waals surface area contributed by atoms with E-state index in [1.165, 1.54) is 12.1 Å². The van der Waals surface area contributed by atoms with Crippen LogP contribution in [0.15, 0.2) is 47.4 Å². The summed E-state index contributed by atoms with van der Waals surface area (Å²) in [5, 5.41) is 16.2. The normalized spacial score (nSPS) is 11.0. The lowest BCUT2D eigenvalue weighted by Crippen LogP contribution is -2.37. The average Bonchev–Trinajstić information content (AvgIpc) is 2.66. The Morgan fingerprint density at radius 1 is 1.17 bits per heavy atom. The predicted octanol–water partition coefficient (Wildman–Crippen LogP) is 0.669. The van der Waals surface area contributed by atoms with Gasteiger partial charge in [-0.1, -0.05) is 0 Å². The topological polar surface area (TPSA) is 176 Å². The number of nitrogens with two attached hydrogens (primary N) is 2. The van der Waals surface area contributed by atoms with Gasteiger partial charge in [0.1, 0.15) is 5.82 Å². The lowest BCUT2D eigenvalue weighted by Gasteiger charge is -2.22. The number of amides is 2. The third-order valence-corrected chi connectivity index (χ3v) is 4.74. The van der Waals surface area contributed by atoms with Crippen LogP contribution in [0, 0.1) is 15.9 Å². The van der Waals surface area contributed by atoms with Gasteiger partial charge in [0.2, 0.25) is 15.9 Å². The number of carbonyl (C=O) groups excluding carboxylic acids is 2. The monoisotopic (exact) mass is 440 g/mol. The maximum absolute atomic E-state index is 13.2. The van der Waals surface area contributed by atoms with Crippen molar-refractivity contribution >= 4 is 33.2 Å². The Bertz CT molecular complexity index is 1070. The average molecular weight is 440 g/mol. The van der Waals surface area contributed by atoms with Crippen molar-refractivity contribution in [3.05, 3.63) is 58.4 Å². The van der Waals surface area contributed by atoms with Crippen LogP contribution in [0.1, 0.15) is 6.42 Å². The predicted molar refractivity (Wildman–Crippen MR) is 103 cm³/mol. The molecule has 0 unspecified atom stereocenters. The molecule has 0 bridgehead atoms. The van der Waals surface area contributed by atoms with Crippen LogP contribution >= 0.6 is 0 Å². The molecule has 0 aliphatic carbocycles. The van der Waals surface area contributed by atoms with E-state index in [0.717, 1.165) is 29.2 Å². The van der Waals surface area contributed by atoms with Crippen molar-refractivity contribution in [2.24, 2.45) is 10.9 Å². The van der Waals surface area contributed by atoms with E-state index in [2.05, 4.69) is 0 Å². The van der Waals surface area contributed by atoms with Gasteiger partial charge in [0.05, 0.1) is 9.82 Å². The Morgan fingerprint density at radius 3 is 2.33 bits per heavy atom. The third kappa shape index (κ3) is 5.96. The van der Waals surface area contributed by atoms with E-state index in [-0.39, 0.29) is 24.4 Å². The van der Waals surface area contributed by atoms with Crippen LogP contribution in [0.2, 0.25) is 0 Å². The van der Waals surface area contributed by atoms with Gasteiger partial charge in [-0.2, -0.15) is 0 Å². The highest BCUT2D eigenvalue weighted by atomic mass is 32.2. The lowest BCUT2D eigenvalue weighted by molar-refractivity contribution is -0.386. The molecule has 0 aromatic heterocycles. The van der Waals surface area contributed by atoms with Gasteiger partial charge in [-0.15, -0.1) is 0 Å². The molecule has 0 heterocycles. The Balaban J connectivity index is 2.24. The Morgan fingerprint density at radius 2 is 1.80 bits per heavy atom. The molecule has 0 aliphatic rings. The van der Waals surface area contributed by atoms with Crippen LogP contribution in [-0.4, -0.2) is 38.3 Å². The Kier molecular flexibility index (Phi) is 7.02. The van der Waals surface area contributed by atoms with Crippen LogP contribution in [-0.2, 0) is 19.6 Å². The van der Waals surface area contributed by atoms with Gasteiger partial charge in [-0.3, -0.25) is 19.7 Å². The fourth-order valence-corrected chi connectivity index (χ4v) is 2.93. The summed E-state index contributed by atoms with van der Waals surface area (Å²) in [4.78, 5) is 34.6. The molecule has 11 nitrogen and oxygen atoms in total. The summed E-state index contributed by atoms with van der Waals surface area (Å²) >= 11 is 0. The highest BCUT2D eigenvalue weighted by molar-refractivity contribution is 7.89. The van der Waals surface area contributed by atoms with E-state index in [1.807, 2.05) is 0 Å². The number of nitrogens with zero attached hydrogens (tertiary/aromatic N) is 2. The molecule has 13 heteroatoms. The standard InChI is InChI=1S/C17H17FN4O7S/c18-11-1-3-12(4-2-11)21(8-7-16(19)23)17(24)10-29-15-6-5-13(30(20,27)28)9-14(15)22(25)26/h1-6,9H,7-8,10H2,(H2,19,23)(H2,20,27,28). The zero-order valence-corrected chi connectivity index (χ0v) is 16.2. The third-order valence-electron chi connectivity index (χ3n) is 3.83. The molecule has 4 N–H and O–H groups in total. The molecule has 30 heavy (non-hydrogen) atoms. The number of hydrogen-bond donors (Lipinski definition) is 2. The molecule has 0 aliphatic heterocycles. The molecule has 0 fully saturated rings. The SMILES string of the molecule is NC(=O)CCN(C(=O)COc1ccc(S(N)(=O)=O)cc1[N+](=O)[O-])c1ccc(F)cc1. The van der Waals surface area contributed by atoms with Gasteiger partial charge in [-0.05, 0) is 36.4 Å². The maximum Gasteiger partial charge on any atom is 0.312 e. The van der Waals surface area contributed by atoms with E-state index in [4.69, 9.17) is 15.6 Å². The smallest absolute Gasteiger partial charge is 0.312 e. The number of nitro groups is 1. The molecular weight excluding hydrogens is 423 g/mol. The van der Waals surface area contributed by atoms with Crippen molar-refractivity contribution in [3.63, 3.8) is 0 Å². The van der Waals surface area contributed by atoms with Crippen molar-refractivity contribution < 1.29 is 32.1 Å². The number of nitro benzene ring substituents is 1. The Hall–Kier alpha value is -3.58. The molecule has 2 aromatic carbocycles. The summed E-state index contributed by atoms with van der Waals surface area (Å²) in [5.74, 6) is -2.28. The zero-order chi connectivity index (χ0) is 22.5. The second-order valence-electron chi connectivity index (χ2n) is 5.96. The number of benzene rings is 2. The van der Waals surface area contributed by atoms with Crippen LogP contribution in [0.5, 0.6) is 5.75 Å². The number of primary amides is 1. The number of ether oxygens (including phenoxy) is 1. The number of rotatable bonds is 9. The van der Waals surface area contributed by atoms with Gasteiger partial charge >= 0.3 is 5.69 Å². The quantitative estimate of drug-likeness (QED) is 0.425. The van der Waals surface area contributed by atoms with Gasteiger partial charge in [-0.25, -0.2) is 17.9 Å². The van der Waals surface area contributed by atoms with E-state index >= 15 is 0 Å². The summed E-state index contributed by atoms with van der Waals surface area (Å²) < 4.78 is 41.1. The molecule has 160 valence electrons. The summed E-state index contributed by atoms with van der Waals surface area (Å²) in [6.07, 6.45) is -0.188. The number of sulfonamides is 1. The fourth-order valence-electron chi connectivity index (χ4n) is 2.40. The minimum absolute atomic E-state index is 0.129. The van der Waals surface area contributed by atoms with Crippen molar-refractivity contribution in [1.82, 2.24) is 0 Å². The lowest BCUT2D eigenvalue weighted by atomic mass is 10.2. The van der Waals surface area contributed by atoms with Gasteiger partial charge < -0.3 is 15.4 Å². The maximum atomic E-state index is 13.2. The number of hydrogen-bond acceptors (Lipinski definition) is 7. The number of halogens is 1. The van der Waals surface area contributed by atoms with Crippen LogP contribution in [0.3, 0.4) is 0 Å². The van der Waals surface area contributed by atoms with E-state index < -0.39 is 49.8 Å². The molecular formula is C17H17FN4O7S. The molecule has 2 amide bonds. The summed E-state index contributed by atoms with van der Waals surface area (Å²) in [6.45, 7) is -0.818. The first-order valence-electron chi connectivity index (χ1n) is 8.27. The van der Waals surface area contributed by atoms with Crippen LogP contribution in [0.25, 0.3) is 0 Å². The molecule has 0 saturated heterocycles. The molecule has 0 atom stereocenters. The minimum atomic E-state index is -4.18. The summed E-state index contributed by atoms with van der Waals surface area (Å²) in [5.41, 5.74) is 4.65. The van der Waals surface area contributed by atoms with Gasteiger partial charge in [0, 0.05) is 24.7 Å². The first-order chi connectivity index (χ1) is 14.0. The second kappa shape index (κ2) is 9.28. The van der Waals surface area contributed by atoms with Crippen molar-refractivity contribution in [3.8, 4) is 5.75 Å². The number of carbonyl (C=O) groups is 2. The summed E-state index contributed by atoms with van der Waals surface area (Å²) in [7, 11) is -4.18. The van der Waals surface area contributed by atoms with Crippen LogP contribution < -0.4 is 20.5 Å². The first-order valence-corrected chi connectivity index (χ1v) is 9.82. The number of primary sulfonamides is 1. The number of anilines is 1. The highest BCUT2D eigenvalue weighted by Crippen LogP contribution is 2.29.